The monoisotopic (exact) mass is 258 g/mol. The highest BCUT2D eigenvalue weighted by Gasteiger charge is 2.35. The van der Waals surface area contributed by atoms with Crippen LogP contribution in [0.4, 0.5) is 0 Å². The van der Waals surface area contributed by atoms with Crippen LogP contribution in [0.5, 0.6) is 0 Å². The number of methoxy groups -OCH3 is 1. The van der Waals surface area contributed by atoms with Crippen molar-refractivity contribution in [3.8, 4) is 0 Å². The Labute approximate surface area is 109 Å². The maximum atomic E-state index is 11.7. The molecule has 4 N–H and O–H groups in total. The number of amides is 1. The zero-order valence-corrected chi connectivity index (χ0v) is 11.4. The third-order valence-corrected chi connectivity index (χ3v) is 3.98. The van der Waals surface area contributed by atoms with Gasteiger partial charge in [-0.1, -0.05) is 19.8 Å². The number of aliphatic hydroxyl groups is 1. The van der Waals surface area contributed by atoms with E-state index < -0.39 is 0 Å². The van der Waals surface area contributed by atoms with E-state index in [0.29, 0.717) is 13.1 Å². The summed E-state index contributed by atoms with van der Waals surface area (Å²) in [6.07, 6.45) is 3.71. The molecule has 5 nitrogen and oxygen atoms in total. The lowest BCUT2D eigenvalue weighted by atomic mass is 9.73. The number of hydrogen-bond donors (Lipinski definition) is 3. The zero-order chi connectivity index (χ0) is 13.6. The fourth-order valence-electron chi connectivity index (χ4n) is 2.43. The van der Waals surface area contributed by atoms with E-state index in [2.05, 4.69) is 5.32 Å². The lowest BCUT2D eigenvalue weighted by Crippen LogP contribution is -2.46. The van der Waals surface area contributed by atoms with Gasteiger partial charge in [-0.3, -0.25) is 4.79 Å². The fourth-order valence-corrected chi connectivity index (χ4v) is 2.43. The maximum Gasteiger partial charge on any atom is 0.222 e. The van der Waals surface area contributed by atoms with Gasteiger partial charge < -0.3 is 20.9 Å². The van der Waals surface area contributed by atoms with E-state index >= 15 is 0 Å². The van der Waals surface area contributed by atoms with Crippen LogP contribution in [-0.4, -0.2) is 43.4 Å². The van der Waals surface area contributed by atoms with Gasteiger partial charge in [-0.25, -0.2) is 0 Å². The van der Waals surface area contributed by atoms with E-state index in [0.717, 1.165) is 25.7 Å². The van der Waals surface area contributed by atoms with Crippen molar-refractivity contribution < 1.29 is 14.6 Å². The minimum atomic E-state index is -0.320. The second kappa shape index (κ2) is 7.07. The molecule has 1 aliphatic rings. The maximum absolute atomic E-state index is 11.7. The molecule has 1 amide bonds. The molecule has 0 aromatic rings. The molecule has 1 saturated carbocycles. The Morgan fingerprint density at radius 1 is 1.61 bits per heavy atom. The fraction of sp³-hybridized carbons (Fsp3) is 0.923. The summed E-state index contributed by atoms with van der Waals surface area (Å²) >= 11 is 0. The van der Waals surface area contributed by atoms with Crippen LogP contribution < -0.4 is 11.1 Å². The summed E-state index contributed by atoms with van der Waals surface area (Å²) in [6, 6.07) is 0. The van der Waals surface area contributed by atoms with Crippen LogP contribution in [0.2, 0.25) is 0 Å². The third-order valence-electron chi connectivity index (χ3n) is 3.98. The standard InChI is InChI=1S/C13H26N2O3/c1-13(6-4-3-5-11(13)16)9-15-12(17)7-10(8-14)18-2/h10-11,16H,3-9,14H2,1-2H3,(H,15,17). The largest absolute Gasteiger partial charge is 0.392 e. The van der Waals surface area contributed by atoms with E-state index in [4.69, 9.17) is 10.5 Å². The van der Waals surface area contributed by atoms with Crippen molar-refractivity contribution in [2.45, 2.75) is 51.2 Å². The van der Waals surface area contributed by atoms with Crippen molar-refractivity contribution >= 4 is 5.91 Å². The van der Waals surface area contributed by atoms with Gasteiger partial charge in [-0.05, 0) is 12.8 Å². The SMILES string of the molecule is COC(CN)CC(=O)NCC1(C)CCCCC1O. The average Bonchev–Trinajstić information content (AvgIpc) is 2.37. The van der Waals surface area contributed by atoms with Crippen LogP contribution in [-0.2, 0) is 9.53 Å². The average molecular weight is 258 g/mol. The molecule has 0 radical (unpaired) electrons. The summed E-state index contributed by atoms with van der Waals surface area (Å²) in [7, 11) is 1.55. The first-order valence-corrected chi connectivity index (χ1v) is 6.69. The zero-order valence-electron chi connectivity index (χ0n) is 11.4. The smallest absolute Gasteiger partial charge is 0.222 e. The Balaban J connectivity index is 2.37. The first kappa shape index (κ1) is 15.4. The van der Waals surface area contributed by atoms with Gasteiger partial charge in [0.15, 0.2) is 0 Å². The summed E-state index contributed by atoms with van der Waals surface area (Å²) < 4.78 is 5.07. The molecule has 0 aromatic carbocycles. The van der Waals surface area contributed by atoms with Crippen molar-refractivity contribution in [2.75, 3.05) is 20.2 Å². The molecule has 0 heterocycles. The number of nitrogens with one attached hydrogen (secondary N) is 1. The minimum Gasteiger partial charge on any atom is -0.392 e. The molecular formula is C13H26N2O3. The van der Waals surface area contributed by atoms with E-state index in [1.807, 2.05) is 6.92 Å². The van der Waals surface area contributed by atoms with Crippen LogP contribution in [0.1, 0.15) is 39.0 Å². The molecule has 1 aliphatic carbocycles. The Bertz CT molecular complexity index is 269. The number of carbonyl (C=O) groups is 1. The molecule has 106 valence electrons. The van der Waals surface area contributed by atoms with Gasteiger partial charge in [-0.15, -0.1) is 0 Å². The number of rotatable bonds is 6. The minimum absolute atomic E-state index is 0.0636. The van der Waals surface area contributed by atoms with Crippen molar-refractivity contribution in [1.82, 2.24) is 5.32 Å². The highest BCUT2D eigenvalue weighted by molar-refractivity contribution is 5.76. The lowest BCUT2D eigenvalue weighted by Gasteiger charge is -2.38. The summed E-state index contributed by atoms with van der Waals surface area (Å²) in [5.41, 5.74) is 5.28. The highest BCUT2D eigenvalue weighted by Crippen LogP contribution is 2.35. The highest BCUT2D eigenvalue weighted by atomic mass is 16.5. The molecule has 3 atom stereocenters. The summed E-state index contributed by atoms with van der Waals surface area (Å²) in [5, 5.41) is 12.9. The van der Waals surface area contributed by atoms with E-state index in [9.17, 15) is 9.90 Å². The van der Waals surface area contributed by atoms with Crippen molar-refractivity contribution in [1.29, 1.82) is 0 Å². The quantitative estimate of drug-likeness (QED) is 0.644. The summed E-state index contributed by atoms with van der Waals surface area (Å²) in [5.74, 6) is -0.0636. The molecular weight excluding hydrogens is 232 g/mol. The molecule has 1 fully saturated rings. The Hall–Kier alpha value is -0.650. The molecule has 0 aliphatic heterocycles. The second-order valence-corrected chi connectivity index (χ2v) is 5.49. The summed E-state index contributed by atoms with van der Waals surface area (Å²) in [4.78, 5) is 11.7. The van der Waals surface area contributed by atoms with Crippen LogP contribution >= 0.6 is 0 Å². The van der Waals surface area contributed by atoms with E-state index in [-0.39, 0.29) is 30.0 Å². The molecule has 5 heteroatoms. The number of hydrogen-bond acceptors (Lipinski definition) is 4. The van der Waals surface area contributed by atoms with Crippen molar-refractivity contribution in [3.63, 3.8) is 0 Å². The number of carbonyl (C=O) groups excluding carboxylic acids is 1. The van der Waals surface area contributed by atoms with Crippen molar-refractivity contribution in [2.24, 2.45) is 11.1 Å². The van der Waals surface area contributed by atoms with Crippen LogP contribution in [0.25, 0.3) is 0 Å². The first-order chi connectivity index (χ1) is 8.51. The Kier molecular flexibility index (Phi) is 6.05. The molecule has 0 aromatic heterocycles. The van der Waals surface area contributed by atoms with Crippen molar-refractivity contribution in [3.05, 3.63) is 0 Å². The van der Waals surface area contributed by atoms with Crippen LogP contribution in [0.15, 0.2) is 0 Å². The molecule has 18 heavy (non-hydrogen) atoms. The number of ether oxygens (including phenoxy) is 1. The predicted octanol–water partition coefficient (Wildman–Crippen LogP) is 0.408. The topological polar surface area (TPSA) is 84.6 Å². The van der Waals surface area contributed by atoms with Gasteiger partial charge in [0.05, 0.1) is 18.6 Å². The number of aliphatic hydroxyl groups excluding tert-OH is 1. The second-order valence-electron chi connectivity index (χ2n) is 5.49. The molecule has 0 spiro atoms. The van der Waals surface area contributed by atoms with Crippen LogP contribution in [0.3, 0.4) is 0 Å². The predicted molar refractivity (Wildman–Crippen MR) is 70.1 cm³/mol. The number of nitrogens with two attached hydrogens (primary N) is 1. The molecule has 0 saturated heterocycles. The van der Waals surface area contributed by atoms with Gasteiger partial charge in [0.1, 0.15) is 0 Å². The molecule has 0 bridgehead atoms. The van der Waals surface area contributed by atoms with Gasteiger partial charge in [0, 0.05) is 25.6 Å². The molecule has 1 rings (SSSR count). The van der Waals surface area contributed by atoms with Gasteiger partial charge in [0.25, 0.3) is 0 Å². The van der Waals surface area contributed by atoms with E-state index in [1.54, 1.807) is 7.11 Å². The summed E-state index contributed by atoms with van der Waals surface area (Å²) in [6.45, 7) is 2.89. The van der Waals surface area contributed by atoms with E-state index in [1.165, 1.54) is 0 Å². The molecule has 3 unspecified atom stereocenters. The van der Waals surface area contributed by atoms with Gasteiger partial charge in [0.2, 0.25) is 5.91 Å². The normalized spacial score (nSPS) is 29.9. The Morgan fingerprint density at radius 3 is 2.89 bits per heavy atom. The van der Waals surface area contributed by atoms with Gasteiger partial charge in [-0.2, -0.15) is 0 Å². The third kappa shape index (κ3) is 4.23. The van der Waals surface area contributed by atoms with Crippen LogP contribution in [0, 0.1) is 5.41 Å². The Morgan fingerprint density at radius 2 is 2.33 bits per heavy atom. The van der Waals surface area contributed by atoms with Gasteiger partial charge >= 0.3 is 0 Å². The first-order valence-electron chi connectivity index (χ1n) is 6.69. The lowest BCUT2D eigenvalue weighted by molar-refractivity contribution is -0.124.